The molecule has 0 N–H and O–H groups in total. The van der Waals surface area contributed by atoms with Gasteiger partial charge in [-0.25, -0.2) is 9.97 Å². The molecule has 2 aromatic heterocycles. The number of halogens is 2. The van der Waals surface area contributed by atoms with Gasteiger partial charge in [-0.15, -0.1) is 11.6 Å². The van der Waals surface area contributed by atoms with E-state index in [1.807, 2.05) is 49.1 Å². The van der Waals surface area contributed by atoms with Crippen LogP contribution in [0.3, 0.4) is 0 Å². The average Bonchev–Trinajstić information content (AvgIpc) is 2.99. The number of hydrogen-bond acceptors (Lipinski definition) is 2. The van der Waals surface area contributed by atoms with Crippen molar-refractivity contribution < 1.29 is 0 Å². The molecule has 0 bridgehead atoms. The molecule has 0 radical (unpaired) electrons. The first kappa shape index (κ1) is 14.4. The second-order valence-corrected chi connectivity index (χ2v) is 6.17. The molecule has 110 valence electrons. The van der Waals surface area contributed by atoms with Gasteiger partial charge < -0.3 is 9.13 Å². The number of hydrogen-bond donors (Lipinski definition) is 0. The van der Waals surface area contributed by atoms with E-state index in [-0.39, 0.29) is 5.38 Å². The van der Waals surface area contributed by atoms with Crippen LogP contribution in [-0.2, 0) is 20.0 Å². The second-order valence-electron chi connectivity index (χ2n) is 5.08. The van der Waals surface area contributed by atoms with Crippen LogP contribution in [-0.4, -0.2) is 19.1 Å². The Bertz CT molecular complexity index is 773. The quantitative estimate of drug-likeness (QED) is 0.681. The predicted molar refractivity (Wildman–Crippen MR) is 85.9 cm³/mol. The van der Waals surface area contributed by atoms with Crippen molar-refractivity contribution in [2.45, 2.75) is 25.3 Å². The highest BCUT2D eigenvalue weighted by Crippen LogP contribution is 2.26. The molecule has 6 heteroatoms. The van der Waals surface area contributed by atoms with E-state index in [0.717, 1.165) is 35.6 Å². The van der Waals surface area contributed by atoms with Gasteiger partial charge in [0.15, 0.2) is 0 Å². The molecule has 0 aliphatic rings. The Balaban J connectivity index is 1.99. The number of aromatic nitrogens is 4. The summed E-state index contributed by atoms with van der Waals surface area (Å²) in [4.78, 5) is 8.97. The van der Waals surface area contributed by atoms with E-state index in [1.54, 1.807) is 0 Å². The molecule has 1 aromatic carbocycles. The van der Waals surface area contributed by atoms with Crippen molar-refractivity contribution in [1.29, 1.82) is 0 Å². The highest BCUT2D eigenvalue weighted by atomic mass is 35.5. The normalized spacial score (nSPS) is 13.0. The van der Waals surface area contributed by atoms with Crippen LogP contribution >= 0.6 is 23.2 Å². The molecule has 0 saturated heterocycles. The number of nitrogens with zero attached hydrogens (tertiary/aromatic N) is 4. The number of fused-ring (bicyclic) bond motifs is 1. The Labute approximate surface area is 133 Å². The van der Waals surface area contributed by atoms with Gasteiger partial charge in [0.25, 0.3) is 0 Å². The number of aryl methyl sites for hydroxylation is 3. The lowest BCUT2D eigenvalue weighted by atomic mass is 10.3. The SMILES string of the molecule is CC(Cl)c1nc2cc(Cl)ccc2n1CCc1nccn1C. The fourth-order valence-corrected chi connectivity index (χ4v) is 2.84. The molecule has 4 nitrogen and oxygen atoms in total. The van der Waals surface area contributed by atoms with Crippen molar-refractivity contribution >= 4 is 34.2 Å². The second kappa shape index (κ2) is 5.70. The van der Waals surface area contributed by atoms with Gasteiger partial charge in [-0.05, 0) is 25.1 Å². The van der Waals surface area contributed by atoms with Gasteiger partial charge >= 0.3 is 0 Å². The highest BCUT2D eigenvalue weighted by molar-refractivity contribution is 6.31. The molecule has 0 saturated carbocycles. The standard InChI is InChI=1S/C15H16Cl2N4/c1-10(16)15-19-12-9-11(17)3-4-13(12)21(15)7-5-14-18-6-8-20(14)2/h3-4,6,8-10H,5,7H2,1-2H3. The van der Waals surface area contributed by atoms with Crippen LogP contribution in [0.5, 0.6) is 0 Å². The summed E-state index contributed by atoms with van der Waals surface area (Å²) in [5, 5.41) is 0.530. The lowest BCUT2D eigenvalue weighted by Gasteiger charge is -2.10. The van der Waals surface area contributed by atoms with E-state index in [4.69, 9.17) is 23.2 Å². The molecule has 0 aliphatic carbocycles. The van der Waals surface area contributed by atoms with Crippen LogP contribution in [0.25, 0.3) is 11.0 Å². The summed E-state index contributed by atoms with van der Waals surface area (Å²) < 4.78 is 4.18. The minimum Gasteiger partial charge on any atom is -0.338 e. The highest BCUT2D eigenvalue weighted by Gasteiger charge is 2.15. The van der Waals surface area contributed by atoms with E-state index in [2.05, 4.69) is 14.5 Å². The van der Waals surface area contributed by atoms with Crippen molar-refractivity contribution in [2.75, 3.05) is 0 Å². The van der Waals surface area contributed by atoms with Crippen LogP contribution in [0.1, 0.15) is 23.9 Å². The van der Waals surface area contributed by atoms with Crippen LogP contribution < -0.4 is 0 Å². The van der Waals surface area contributed by atoms with Crippen LogP contribution in [0, 0.1) is 0 Å². The van der Waals surface area contributed by atoms with Crippen molar-refractivity contribution in [3.8, 4) is 0 Å². The summed E-state index contributed by atoms with van der Waals surface area (Å²) >= 11 is 12.3. The summed E-state index contributed by atoms with van der Waals surface area (Å²) in [6.07, 6.45) is 4.59. The molecule has 0 aliphatic heterocycles. The monoisotopic (exact) mass is 322 g/mol. The molecule has 1 atom stereocenters. The van der Waals surface area contributed by atoms with E-state index < -0.39 is 0 Å². The predicted octanol–water partition coefficient (Wildman–Crippen LogP) is 3.97. The molecule has 0 spiro atoms. The number of rotatable bonds is 4. The Hall–Kier alpha value is -1.52. The maximum atomic E-state index is 6.27. The molecule has 3 aromatic rings. The molecule has 21 heavy (non-hydrogen) atoms. The average molecular weight is 323 g/mol. The maximum absolute atomic E-state index is 6.27. The number of benzene rings is 1. The molecule has 3 rings (SSSR count). The third kappa shape index (κ3) is 2.78. The van der Waals surface area contributed by atoms with Gasteiger partial charge in [0.05, 0.1) is 16.4 Å². The van der Waals surface area contributed by atoms with Gasteiger partial charge in [-0.3, -0.25) is 0 Å². The van der Waals surface area contributed by atoms with Gasteiger partial charge in [0.1, 0.15) is 11.6 Å². The van der Waals surface area contributed by atoms with E-state index in [9.17, 15) is 0 Å². The van der Waals surface area contributed by atoms with Crippen molar-refractivity contribution in [3.63, 3.8) is 0 Å². The molecule has 1 unspecified atom stereocenters. The van der Waals surface area contributed by atoms with Crippen LogP contribution in [0.2, 0.25) is 5.02 Å². The summed E-state index contributed by atoms with van der Waals surface area (Å²) in [6.45, 7) is 2.72. The molecule has 0 amide bonds. The minimum absolute atomic E-state index is 0.155. The zero-order chi connectivity index (χ0) is 15.0. The van der Waals surface area contributed by atoms with Gasteiger partial charge in [0.2, 0.25) is 0 Å². The Morgan fingerprint density at radius 2 is 2.14 bits per heavy atom. The summed E-state index contributed by atoms with van der Waals surface area (Å²) in [6, 6.07) is 5.74. The summed E-state index contributed by atoms with van der Waals surface area (Å²) in [5.74, 6) is 1.90. The van der Waals surface area contributed by atoms with Gasteiger partial charge in [-0.1, -0.05) is 11.6 Å². The Kier molecular flexibility index (Phi) is 3.91. The Morgan fingerprint density at radius 1 is 1.33 bits per heavy atom. The Morgan fingerprint density at radius 3 is 2.81 bits per heavy atom. The van der Waals surface area contributed by atoms with Gasteiger partial charge in [-0.2, -0.15) is 0 Å². The van der Waals surface area contributed by atoms with Crippen molar-refractivity contribution in [3.05, 3.63) is 47.3 Å². The lowest BCUT2D eigenvalue weighted by Crippen LogP contribution is -2.09. The van der Waals surface area contributed by atoms with Crippen LogP contribution in [0.15, 0.2) is 30.6 Å². The first-order valence-corrected chi connectivity index (χ1v) is 7.63. The number of imidazole rings is 2. The van der Waals surface area contributed by atoms with E-state index in [0.29, 0.717) is 5.02 Å². The van der Waals surface area contributed by atoms with E-state index >= 15 is 0 Å². The molecular weight excluding hydrogens is 307 g/mol. The fourth-order valence-electron chi connectivity index (χ4n) is 2.51. The summed E-state index contributed by atoms with van der Waals surface area (Å²) in [7, 11) is 2.00. The maximum Gasteiger partial charge on any atom is 0.127 e. The van der Waals surface area contributed by atoms with Crippen molar-refractivity contribution in [2.24, 2.45) is 7.05 Å². The largest absolute Gasteiger partial charge is 0.338 e. The minimum atomic E-state index is -0.155. The summed E-state index contributed by atoms with van der Waals surface area (Å²) in [5.41, 5.74) is 1.93. The fraction of sp³-hybridized carbons (Fsp3) is 0.333. The molecule has 2 heterocycles. The first-order valence-electron chi connectivity index (χ1n) is 6.82. The third-order valence-electron chi connectivity index (χ3n) is 3.58. The lowest BCUT2D eigenvalue weighted by molar-refractivity contribution is 0.634. The molecular formula is C15H16Cl2N4. The number of alkyl halides is 1. The molecule has 0 fully saturated rings. The topological polar surface area (TPSA) is 35.6 Å². The zero-order valence-electron chi connectivity index (χ0n) is 11.9. The van der Waals surface area contributed by atoms with Crippen molar-refractivity contribution in [1.82, 2.24) is 19.1 Å². The third-order valence-corrected chi connectivity index (χ3v) is 4.01. The smallest absolute Gasteiger partial charge is 0.127 e. The van der Waals surface area contributed by atoms with Gasteiger partial charge in [0, 0.05) is 37.4 Å². The zero-order valence-corrected chi connectivity index (χ0v) is 13.4. The van der Waals surface area contributed by atoms with E-state index in [1.165, 1.54) is 0 Å². The van der Waals surface area contributed by atoms with Crippen LogP contribution in [0.4, 0.5) is 0 Å². The first-order chi connectivity index (χ1) is 10.1.